The van der Waals surface area contributed by atoms with Crippen LogP contribution in [0.1, 0.15) is 30.9 Å². The van der Waals surface area contributed by atoms with Crippen LogP contribution in [0, 0.1) is 5.92 Å². The molecule has 0 saturated carbocycles. The molecule has 0 N–H and O–H groups in total. The van der Waals surface area contributed by atoms with Crippen molar-refractivity contribution in [3.63, 3.8) is 0 Å². The second-order valence-corrected chi connectivity index (χ2v) is 13.6. The average molecular weight is 563 g/mol. The first-order valence-electron chi connectivity index (χ1n) is 12.1. The van der Waals surface area contributed by atoms with Gasteiger partial charge in [0.25, 0.3) is 0 Å². The zero-order valence-electron chi connectivity index (χ0n) is 20.9. The van der Waals surface area contributed by atoms with Crippen molar-refractivity contribution in [2.45, 2.75) is 42.6 Å². The van der Waals surface area contributed by atoms with Crippen LogP contribution in [0.2, 0.25) is 5.02 Å². The van der Waals surface area contributed by atoms with Gasteiger partial charge in [0.2, 0.25) is 20.0 Å². The minimum absolute atomic E-state index is 0.0286. The number of hydrogen-bond acceptors (Lipinski definition) is 5. The molecule has 0 radical (unpaired) electrons. The van der Waals surface area contributed by atoms with E-state index in [4.69, 9.17) is 16.3 Å². The highest BCUT2D eigenvalue weighted by atomic mass is 35.5. The summed E-state index contributed by atoms with van der Waals surface area (Å²) in [6, 6.07) is 19.7. The third-order valence-electron chi connectivity index (χ3n) is 6.51. The van der Waals surface area contributed by atoms with Crippen molar-refractivity contribution >= 4 is 31.6 Å². The van der Waals surface area contributed by atoms with Crippen LogP contribution in [-0.2, 0) is 33.1 Å². The summed E-state index contributed by atoms with van der Waals surface area (Å²) in [5.74, 6) is 0.971. The van der Waals surface area contributed by atoms with E-state index < -0.39 is 20.0 Å². The number of benzene rings is 3. The maximum atomic E-state index is 13.8. The molecule has 37 heavy (non-hydrogen) atoms. The quantitative estimate of drug-likeness (QED) is 0.360. The van der Waals surface area contributed by atoms with Crippen molar-refractivity contribution in [2.75, 3.05) is 20.2 Å². The van der Waals surface area contributed by atoms with Crippen LogP contribution >= 0.6 is 11.6 Å². The van der Waals surface area contributed by atoms with Gasteiger partial charge in [0.05, 0.1) is 16.9 Å². The summed E-state index contributed by atoms with van der Waals surface area (Å²) in [6.07, 6.45) is 1.82. The Balaban J connectivity index is 1.62. The fraction of sp³-hybridized carbons (Fsp3) is 0.333. The molecule has 0 unspecified atom stereocenters. The second kappa shape index (κ2) is 11.5. The Bertz CT molecular complexity index is 1410. The smallest absolute Gasteiger partial charge is 0.243 e. The summed E-state index contributed by atoms with van der Waals surface area (Å²) in [6.45, 7) is 3.23. The predicted molar refractivity (Wildman–Crippen MR) is 144 cm³/mol. The molecule has 0 spiro atoms. The third-order valence-corrected chi connectivity index (χ3v) is 10.4. The van der Waals surface area contributed by atoms with Gasteiger partial charge in [-0.15, -0.1) is 0 Å². The zero-order chi connectivity index (χ0) is 26.6. The average Bonchev–Trinajstić information content (AvgIpc) is 2.90. The minimum atomic E-state index is -3.96. The summed E-state index contributed by atoms with van der Waals surface area (Å²) in [5.41, 5.74) is 1.57. The van der Waals surface area contributed by atoms with Gasteiger partial charge in [-0.25, -0.2) is 16.8 Å². The van der Waals surface area contributed by atoms with Crippen LogP contribution in [-0.4, -0.2) is 45.6 Å². The van der Waals surface area contributed by atoms with Crippen molar-refractivity contribution in [3.8, 4) is 5.75 Å². The standard InChI is InChI=1S/C27H31ClN2O5S2/c1-21-4-3-17-29(18-21)36(31,32)26-13-15-27(16-14-26)37(33,34)30(19-22-5-9-24(28)10-6-22)20-23-7-11-25(35-2)12-8-23/h5-16,21H,3-4,17-20H2,1-2H3/t21-/m1/s1. The Morgan fingerprint density at radius 1 is 0.865 bits per heavy atom. The monoisotopic (exact) mass is 562 g/mol. The molecular weight excluding hydrogens is 532 g/mol. The van der Waals surface area contributed by atoms with Crippen LogP contribution in [0.4, 0.5) is 0 Å². The van der Waals surface area contributed by atoms with Gasteiger partial charge in [-0.1, -0.05) is 42.8 Å². The van der Waals surface area contributed by atoms with Crippen LogP contribution in [0.5, 0.6) is 5.75 Å². The van der Waals surface area contributed by atoms with Crippen molar-refractivity contribution in [3.05, 3.63) is 88.9 Å². The van der Waals surface area contributed by atoms with Crippen molar-refractivity contribution in [2.24, 2.45) is 5.92 Å². The topological polar surface area (TPSA) is 84.0 Å². The number of sulfonamides is 2. The first-order valence-corrected chi connectivity index (χ1v) is 15.3. The maximum Gasteiger partial charge on any atom is 0.243 e. The molecule has 1 fully saturated rings. The summed E-state index contributed by atoms with van der Waals surface area (Å²) in [4.78, 5) is 0.126. The minimum Gasteiger partial charge on any atom is -0.497 e. The summed E-state index contributed by atoms with van der Waals surface area (Å²) < 4.78 is 61.8. The normalized spacial score (nSPS) is 17.1. The Kier molecular flexibility index (Phi) is 8.60. The largest absolute Gasteiger partial charge is 0.497 e. The molecule has 0 aromatic heterocycles. The van der Waals surface area contributed by atoms with Gasteiger partial charge in [0, 0.05) is 31.2 Å². The SMILES string of the molecule is COc1ccc(CN(Cc2ccc(Cl)cc2)S(=O)(=O)c2ccc(S(=O)(=O)N3CCC[C@@H](C)C3)cc2)cc1. The van der Waals surface area contributed by atoms with E-state index in [0.29, 0.717) is 29.8 Å². The summed E-state index contributed by atoms with van der Waals surface area (Å²) in [7, 11) is -6.07. The Labute approximate surface area is 224 Å². The lowest BCUT2D eigenvalue weighted by molar-refractivity contribution is 0.281. The van der Waals surface area contributed by atoms with E-state index >= 15 is 0 Å². The first kappa shape index (κ1) is 27.6. The fourth-order valence-corrected chi connectivity index (χ4v) is 7.54. The molecule has 10 heteroatoms. The number of rotatable bonds is 9. The molecule has 3 aromatic carbocycles. The Morgan fingerprint density at radius 3 is 1.95 bits per heavy atom. The Morgan fingerprint density at radius 2 is 1.41 bits per heavy atom. The Hall–Kier alpha value is -2.43. The highest BCUT2D eigenvalue weighted by Crippen LogP contribution is 2.27. The number of methoxy groups -OCH3 is 1. The van der Waals surface area contributed by atoms with Crippen molar-refractivity contribution < 1.29 is 21.6 Å². The van der Waals surface area contributed by atoms with Gasteiger partial charge in [0.15, 0.2) is 0 Å². The van der Waals surface area contributed by atoms with Gasteiger partial charge in [-0.2, -0.15) is 8.61 Å². The fourth-order valence-electron chi connectivity index (χ4n) is 4.40. The molecule has 0 aliphatic carbocycles. The van der Waals surface area contributed by atoms with Crippen LogP contribution in [0.25, 0.3) is 0 Å². The lowest BCUT2D eigenvalue weighted by Crippen LogP contribution is -2.39. The second-order valence-electron chi connectivity index (χ2n) is 9.33. The molecule has 198 valence electrons. The van der Waals surface area contributed by atoms with E-state index in [1.807, 2.05) is 19.1 Å². The molecule has 4 rings (SSSR count). The molecule has 1 aliphatic heterocycles. The lowest BCUT2D eigenvalue weighted by Gasteiger charge is -2.30. The van der Waals surface area contributed by atoms with Gasteiger partial charge < -0.3 is 4.74 Å². The predicted octanol–water partition coefficient (Wildman–Crippen LogP) is 5.16. The number of nitrogens with zero attached hydrogens (tertiary/aromatic N) is 2. The maximum absolute atomic E-state index is 13.8. The number of piperidine rings is 1. The molecular formula is C27H31ClN2O5S2. The molecule has 0 bridgehead atoms. The van der Waals surface area contributed by atoms with E-state index in [2.05, 4.69) is 0 Å². The lowest BCUT2D eigenvalue weighted by atomic mass is 10.0. The highest BCUT2D eigenvalue weighted by molar-refractivity contribution is 7.89. The molecule has 0 amide bonds. The van der Waals surface area contributed by atoms with Crippen molar-refractivity contribution in [1.29, 1.82) is 0 Å². The van der Waals surface area contributed by atoms with Crippen LogP contribution in [0.3, 0.4) is 0 Å². The van der Waals surface area contributed by atoms with E-state index in [9.17, 15) is 16.8 Å². The van der Waals surface area contributed by atoms with E-state index in [1.165, 1.54) is 32.9 Å². The molecule has 1 heterocycles. The van der Waals surface area contributed by atoms with Gasteiger partial charge in [0.1, 0.15) is 5.75 Å². The van der Waals surface area contributed by atoms with Gasteiger partial charge in [-0.3, -0.25) is 0 Å². The molecule has 1 saturated heterocycles. The number of hydrogen-bond donors (Lipinski definition) is 0. The zero-order valence-corrected chi connectivity index (χ0v) is 23.3. The van der Waals surface area contributed by atoms with E-state index in [-0.39, 0.29) is 22.9 Å². The molecule has 7 nitrogen and oxygen atoms in total. The molecule has 1 aliphatic rings. The first-order chi connectivity index (χ1) is 17.6. The van der Waals surface area contributed by atoms with Gasteiger partial charge >= 0.3 is 0 Å². The third kappa shape index (κ3) is 6.53. The van der Waals surface area contributed by atoms with Crippen LogP contribution < -0.4 is 4.74 Å². The highest BCUT2D eigenvalue weighted by Gasteiger charge is 2.30. The van der Waals surface area contributed by atoms with Gasteiger partial charge in [-0.05, 0) is 78.4 Å². The summed E-state index contributed by atoms with van der Waals surface area (Å²) >= 11 is 6.01. The van der Waals surface area contributed by atoms with Crippen molar-refractivity contribution in [1.82, 2.24) is 8.61 Å². The number of ether oxygens (including phenoxy) is 1. The summed E-state index contributed by atoms with van der Waals surface area (Å²) in [5, 5.41) is 0.563. The molecule has 3 aromatic rings. The van der Waals surface area contributed by atoms with E-state index in [1.54, 1.807) is 43.5 Å². The molecule has 1 atom stereocenters. The van der Waals surface area contributed by atoms with Crippen LogP contribution in [0.15, 0.2) is 82.6 Å². The van der Waals surface area contributed by atoms with E-state index in [0.717, 1.165) is 24.0 Å². The number of halogens is 1.